The van der Waals surface area contributed by atoms with Gasteiger partial charge in [-0.3, -0.25) is 71.3 Å². The van der Waals surface area contributed by atoms with Gasteiger partial charge in [0.2, 0.25) is 29.5 Å². The van der Waals surface area contributed by atoms with Gasteiger partial charge >= 0.3 is 29.8 Å². The summed E-state index contributed by atoms with van der Waals surface area (Å²) in [6.07, 6.45) is 2.52. The molecule has 68 heavy (non-hydrogen) atoms. The van der Waals surface area contributed by atoms with Crippen LogP contribution in [-0.4, -0.2) is 132 Å². The number of nitrogens with one attached hydrogen (secondary N) is 7. The lowest BCUT2D eigenvalue weighted by Crippen LogP contribution is -3.00. The normalized spacial score (nSPS) is 12.9. The van der Waals surface area contributed by atoms with E-state index in [0.29, 0.717) is 77.0 Å². The van der Waals surface area contributed by atoms with Gasteiger partial charge in [0.05, 0.1) is 44.4 Å². The van der Waals surface area contributed by atoms with Crippen LogP contribution in [0.15, 0.2) is 0 Å². The van der Waals surface area contributed by atoms with Gasteiger partial charge in [-0.05, 0) is 63.2 Å². The van der Waals surface area contributed by atoms with Crippen LogP contribution in [0.1, 0.15) is 131 Å². The quantitative estimate of drug-likeness (QED) is 0.00936. The van der Waals surface area contributed by atoms with Crippen LogP contribution in [0.2, 0.25) is 0 Å². The minimum absolute atomic E-state index is 0. The zero-order chi connectivity index (χ0) is 50.8. The number of nitrogens with two attached hydrogens (primary N) is 4. The smallest absolute Gasteiger partial charge is 0.338 e. The average molecular weight is 1020 g/mol. The third kappa shape index (κ3) is 38.3. The Labute approximate surface area is 410 Å². The van der Waals surface area contributed by atoms with Crippen molar-refractivity contribution >= 4 is 71.9 Å². The van der Waals surface area contributed by atoms with Crippen LogP contribution in [0.3, 0.4) is 0 Å². The second-order valence-corrected chi connectivity index (χ2v) is 16.4. The van der Waals surface area contributed by atoms with Crippen molar-refractivity contribution in [1.29, 1.82) is 0 Å². The number of amides is 5. The molecule has 6 atom stereocenters. The SMILES string of the molecule is CCC(CC(=O)O)NC(=O)CCC(=O)NC(CC(C)C)C(=O)NC(C=O)CCC[NH+]=C(N)N.CCC(CC(=O)O)OC(=O)CCC(=O)NC(CC(C)C)C(=O)NC(C=O)CCC[NH+]=C(N)N.[Cl-].[Cl-]. The van der Waals surface area contributed by atoms with Gasteiger partial charge in [-0.1, -0.05) is 41.5 Å². The van der Waals surface area contributed by atoms with E-state index in [4.69, 9.17) is 37.9 Å². The fourth-order valence-electron chi connectivity index (χ4n) is 5.92. The summed E-state index contributed by atoms with van der Waals surface area (Å²) in [6.45, 7) is 11.9. The number of rotatable bonds is 34. The highest BCUT2D eigenvalue weighted by Crippen LogP contribution is 2.10. The average Bonchev–Trinajstić information content (AvgIpc) is 3.22. The molecule has 0 heterocycles. The maximum atomic E-state index is 12.7. The number of hydrogen-bond acceptors (Lipinski definition) is 11. The zero-order valence-electron chi connectivity index (χ0n) is 40.0. The number of ether oxygens (including phenoxy) is 1. The van der Waals surface area contributed by atoms with Gasteiger partial charge in [-0.25, -0.2) is 0 Å². The highest BCUT2D eigenvalue weighted by atomic mass is 35.5. The van der Waals surface area contributed by atoms with Gasteiger partial charge in [0.15, 0.2) is 0 Å². The van der Waals surface area contributed by atoms with Crippen LogP contribution < -0.4 is 84.3 Å². The summed E-state index contributed by atoms with van der Waals surface area (Å²) in [5.74, 6) is -4.91. The summed E-state index contributed by atoms with van der Waals surface area (Å²) >= 11 is 0. The molecule has 392 valence electrons. The monoisotopic (exact) mass is 1010 g/mol. The summed E-state index contributed by atoms with van der Waals surface area (Å²) in [4.78, 5) is 124. The van der Waals surface area contributed by atoms with Crippen LogP contribution in [0.5, 0.6) is 0 Å². The van der Waals surface area contributed by atoms with Crippen molar-refractivity contribution in [2.24, 2.45) is 34.8 Å². The summed E-state index contributed by atoms with van der Waals surface area (Å²) in [7, 11) is 0. The molecule has 6 unspecified atom stereocenters. The standard InChI is InChI=1S/C21H38N6O6.C21H37N5O7.2ClH/c1-4-14(11-19(31)32)25-17(29)7-8-18(30)27-16(10-13(2)3)20(33)26-15(12-28)6-5-9-24-21(22)23;1-4-15(11-18(29)30)33-19(31)8-7-17(28)26-16(10-13(2)3)20(32)25-14(12-27)6-5-9-24-21(22)23;;/h12-16H,4-11H2,1-3H3,(H,25,29)(H,26,33)(H,27,30)(H,31,32)(H4,22,23,24);12-16H,4-11H2,1-3H3,(H,25,32)(H,26,28)(H,29,30)(H4,22,23,24);2*1H. The molecular weight excluding hydrogens is 937 g/mol. The second-order valence-electron chi connectivity index (χ2n) is 16.4. The highest BCUT2D eigenvalue weighted by molar-refractivity contribution is 5.91. The van der Waals surface area contributed by atoms with E-state index >= 15 is 0 Å². The predicted molar refractivity (Wildman–Crippen MR) is 241 cm³/mol. The molecule has 0 aliphatic heterocycles. The summed E-state index contributed by atoms with van der Waals surface area (Å²) in [5.41, 5.74) is 21.2. The van der Waals surface area contributed by atoms with E-state index in [0.717, 1.165) is 0 Å². The zero-order valence-corrected chi connectivity index (χ0v) is 41.5. The molecule has 0 saturated carbocycles. The second kappa shape index (κ2) is 40.3. The number of aliphatic carboxylic acids is 2. The lowest BCUT2D eigenvalue weighted by molar-refractivity contribution is -0.460. The van der Waals surface area contributed by atoms with Crippen molar-refractivity contribution in [2.45, 2.75) is 168 Å². The lowest BCUT2D eigenvalue weighted by atomic mass is 10.0. The molecule has 0 fully saturated rings. The van der Waals surface area contributed by atoms with Gasteiger partial charge in [0.25, 0.3) is 0 Å². The van der Waals surface area contributed by atoms with Crippen LogP contribution in [-0.2, 0) is 52.7 Å². The maximum absolute atomic E-state index is 12.7. The topological polar surface area (TPSA) is 413 Å². The molecule has 5 amide bonds. The Kier molecular flexibility index (Phi) is 40.8. The Balaban J connectivity index is -0.000000585. The van der Waals surface area contributed by atoms with Gasteiger partial charge in [0.1, 0.15) is 30.8 Å². The van der Waals surface area contributed by atoms with Crippen LogP contribution in [0.25, 0.3) is 0 Å². The maximum Gasteiger partial charge on any atom is 0.338 e. The number of halogens is 2. The molecule has 17 N–H and O–H groups in total. The van der Waals surface area contributed by atoms with Crippen LogP contribution in [0, 0.1) is 11.8 Å². The van der Waals surface area contributed by atoms with E-state index in [9.17, 15) is 47.9 Å². The van der Waals surface area contributed by atoms with Crippen molar-refractivity contribution < 1.29 is 97.7 Å². The molecule has 0 spiro atoms. The fourth-order valence-corrected chi connectivity index (χ4v) is 5.92. The molecule has 0 aromatic heterocycles. The number of carbonyl (C=O) groups is 10. The molecule has 24 nitrogen and oxygen atoms in total. The minimum atomic E-state index is -1.08. The van der Waals surface area contributed by atoms with E-state index in [1.54, 1.807) is 13.8 Å². The number of hydrogen-bond donors (Lipinski definition) is 13. The Hall–Kier alpha value is -5.78. The molecule has 0 radical (unpaired) electrons. The van der Waals surface area contributed by atoms with Crippen molar-refractivity contribution in [3.8, 4) is 0 Å². The van der Waals surface area contributed by atoms with Crippen LogP contribution in [0.4, 0.5) is 0 Å². The first kappa shape index (κ1) is 68.8. The van der Waals surface area contributed by atoms with Crippen molar-refractivity contribution in [1.82, 2.24) is 26.6 Å². The minimum Gasteiger partial charge on any atom is -1.00 e. The van der Waals surface area contributed by atoms with E-state index in [1.165, 1.54) is 0 Å². The number of guanidine groups is 2. The van der Waals surface area contributed by atoms with Gasteiger partial charge < -0.3 is 75.9 Å². The fraction of sp³-hybridized carbons (Fsp3) is 0.714. The summed E-state index contributed by atoms with van der Waals surface area (Å²) in [5, 5.41) is 30.7. The highest BCUT2D eigenvalue weighted by Gasteiger charge is 2.27. The number of aldehydes is 2. The number of carbonyl (C=O) groups excluding carboxylic acids is 8. The first-order chi connectivity index (χ1) is 31.0. The molecule has 0 aromatic rings. The Morgan fingerprint density at radius 1 is 0.574 bits per heavy atom. The molecular formula is C42H77Cl2N11O13. The number of esters is 1. The van der Waals surface area contributed by atoms with Crippen LogP contribution >= 0.6 is 0 Å². The largest absolute Gasteiger partial charge is 1.00 e. The van der Waals surface area contributed by atoms with Gasteiger partial charge in [0, 0.05) is 25.3 Å². The Morgan fingerprint density at radius 3 is 1.28 bits per heavy atom. The predicted octanol–water partition coefficient (Wildman–Crippen LogP) is -10.6. The third-order valence-electron chi connectivity index (χ3n) is 9.31. The van der Waals surface area contributed by atoms with Crippen molar-refractivity contribution in [3.63, 3.8) is 0 Å². The summed E-state index contributed by atoms with van der Waals surface area (Å²) < 4.78 is 5.07. The number of carboxylic acid groups (broad SMARTS) is 2. The first-order valence-corrected chi connectivity index (χ1v) is 22.2. The Morgan fingerprint density at radius 2 is 0.956 bits per heavy atom. The van der Waals surface area contributed by atoms with E-state index < -0.39 is 83.8 Å². The van der Waals surface area contributed by atoms with E-state index in [1.807, 2.05) is 27.7 Å². The molecule has 0 rings (SSSR count). The Bertz CT molecular complexity index is 1510. The number of carboxylic acids is 2. The molecule has 0 aliphatic carbocycles. The third-order valence-corrected chi connectivity index (χ3v) is 9.31. The molecule has 0 aromatic carbocycles. The molecule has 0 saturated heterocycles. The van der Waals surface area contributed by atoms with Crippen molar-refractivity contribution in [2.75, 3.05) is 13.1 Å². The van der Waals surface area contributed by atoms with E-state index in [-0.39, 0.29) is 87.1 Å². The van der Waals surface area contributed by atoms with Crippen molar-refractivity contribution in [3.05, 3.63) is 0 Å². The molecule has 0 aliphatic rings. The van der Waals surface area contributed by atoms with E-state index in [2.05, 4.69) is 36.6 Å². The summed E-state index contributed by atoms with van der Waals surface area (Å²) in [6, 6.07) is -3.70. The molecule has 26 heteroatoms. The molecule has 0 bridgehead atoms. The van der Waals surface area contributed by atoms with Gasteiger partial charge in [-0.15, -0.1) is 0 Å². The van der Waals surface area contributed by atoms with Gasteiger partial charge in [-0.2, -0.15) is 0 Å². The lowest BCUT2D eigenvalue weighted by Gasteiger charge is -2.22. The first-order valence-electron chi connectivity index (χ1n) is 22.2.